The van der Waals surface area contributed by atoms with Crippen LogP contribution in [0.3, 0.4) is 0 Å². The minimum absolute atomic E-state index is 0.745. The molecule has 0 aromatic rings. The van der Waals surface area contributed by atoms with Crippen LogP contribution in [0.25, 0.3) is 0 Å². The normalized spacial score (nSPS) is 16.3. The molecule has 0 aliphatic heterocycles. The summed E-state index contributed by atoms with van der Waals surface area (Å²) >= 11 is 0. The molecule has 0 heterocycles. The van der Waals surface area contributed by atoms with Gasteiger partial charge in [0.1, 0.15) is 0 Å². The van der Waals surface area contributed by atoms with Gasteiger partial charge in [-0.05, 0) is 24.7 Å². The summed E-state index contributed by atoms with van der Waals surface area (Å²) in [6.45, 7) is 10.6. The number of hydrogen-bond donors (Lipinski definition) is 0. The minimum atomic E-state index is 0.745. The van der Waals surface area contributed by atoms with Crippen LogP contribution in [0.1, 0.15) is 40.0 Å². The van der Waals surface area contributed by atoms with E-state index >= 15 is 0 Å². The van der Waals surface area contributed by atoms with Gasteiger partial charge in [-0.15, -0.1) is 6.58 Å². The molecule has 0 spiro atoms. The van der Waals surface area contributed by atoms with Gasteiger partial charge in [-0.2, -0.15) is 0 Å². The maximum absolute atomic E-state index is 3.82. The van der Waals surface area contributed by atoms with Crippen LogP contribution in [-0.2, 0) is 0 Å². The van der Waals surface area contributed by atoms with Gasteiger partial charge >= 0.3 is 0 Å². The van der Waals surface area contributed by atoms with Gasteiger partial charge in [-0.1, -0.05) is 33.3 Å². The van der Waals surface area contributed by atoms with E-state index in [2.05, 4.69) is 33.4 Å². The first kappa shape index (κ1) is 9.74. The zero-order chi connectivity index (χ0) is 7.98. The molecule has 0 N–H and O–H groups in total. The standard InChI is InChI=1S/C10H20/c1-5-9(4)8-10(6-2)7-3/h6,9-10H,2,5,7-8H2,1,3-4H3/t9-,10+/m0/s1. The van der Waals surface area contributed by atoms with E-state index in [1.54, 1.807) is 0 Å². The van der Waals surface area contributed by atoms with Crippen LogP contribution < -0.4 is 0 Å². The van der Waals surface area contributed by atoms with Crippen molar-refractivity contribution in [2.24, 2.45) is 11.8 Å². The number of allylic oxidation sites excluding steroid dienone is 1. The molecule has 0 amide bonds. The maximum Gasteiger partial charge on any atom is -0.0236 e. The van der Waals surface area contributed by atoms with Crippen LogP contribution in [0.5, 0.6) is 0 Å². The highest BCUT2D eigenvalue weighted by Crippen LogP contribution is 2.18. The predicted molar refractivity (Wildman–Crippen MR) is 48.1 cm³/mol. The first-order valence-corrected chi connectivity index (χ1v) is 4.37. The van der Waals surface area contributed by atoms with Crippen molar-refractivity contribution in [1.29, 1.82) is 0 Å². The Labute approximate surface area is 65.3 Å². The summed E-state index contributed by atoms with van der Waals surface area (Å²) in [5.74, 6) is 1.61. The largest absolute Gasteiger partial charge is 0.103 e. The molecule has 0 radical (unpaired) electrons. The summed E-state index contributed by atoms with van der Waals surface area (Å²) < 4.78 is 0. The van der Waals surface area contributed by atoms with Crippen LogP contribution in [0, 0.1) is 11.8 Å². The summed E-state index contributed by atoms with van der Waals surface area (Å²) in [5, 5.41) is 0. The monoisotopic (exact) mass is 140 g/mol. The van der Waals surface area contributed by atoms with Crippen molar-refractivity contribution in [2.45, 2.75) is 40.0 Å². The van der Waals surface area contributed by atoms with Gasteiger partial charge in [-0.3, -0.25) is 0 Å². The van der Waals surface area contributed by atoms with Crippen molar-refractivity contribution in [3.8, 4) is 0 Å². The molecular formula is C10H20. The van der Waals surface area contributed by atoms with E-state index in [9.17, 15) is 0 Å². The Hall–Kier alpha value is -0.260. The zero-order valence-electron chi connectivity index (χ0n) is 7.56. The third kappa shape index (κ3) is 3.71. The first-order chi connectivity index (χ1) is 4.74. The molecule has 0 saturated heterocycles. The summed E-state index contributed by atoms with van der Waals surface area (Å²) in [4.78, 5) is 0. The lowest BCUT2D eigenvalue weighted by Crippen LogP contribution is -2.01. The Morgan fingerprint density at radius 2 is 1.90 bits per heavy atom. The first-order valence-electron chi connectivity index (χ1n) is 4.37. The van der Waals surface area contributed by atoms with Crippen LogP contribution in [0.4, 0.5) is 0 Å². The van der Waals surface area contributed by atoms with E-state index in [4.69, 9.17) is 0 Å². The second kappa shape index (κ2) is 5.52. The Morgan fingerprint density at radius 1 is 1.30 bits per heavy atom. The molecule has 0 unspecified atom stereocenters. The Bertz CT molecular complexity index is 84.0. The third-order valence-electron chi connectivity index (χ3n) is 2.26. The smallest absolute Gasteiger partial charge is 0.0236 e. The molecule has 0 nitrogen and oxygen atoms in total. The van der Waals surface area contributed by atoms with E-state index in [-0.39, 0.29) is 0 Å². The van der Waals surface area contributed by atoms with Crippen molar-refractivity contribution in [2.75, 3.05) is 0 Å². The lowest BCUT2D eigenvalue weighted by Gasteiger charge is -2.13. The van der Waals surface area contributed by atoms with Crippen molar-refractivity contribution in [3.63, 3.8) is 0 Å². The van der Waals surface area contributed by atoms with E-state index in [0.29, 0.717) is 0 Å². The van der Waals surface area contributed by atoms with Crippen molar-refractivity contribution in [1.82, 2.24) is 0 Å². The molecule has 0 aliphatic carbocycles. The van der Waals surface area contributed by atoms with E-state index in [1.807, 2.05) is 0 Å². The Kier molecular flexibility index (Phi) is 5.38. The van der Waals surface area contributed by atoms with Gasteiger partial charge in [0.15, 0.2) is 0 Å². The van der Waals surface area contributed by atoms with Gasteiger partial charge in [0.05, 0.1) is 0 Å². The Balaban J connectivity index is 3.51. The van der Waals surface area contributed by atoms with Crippen molar-refractivity contribution in [3.05, 3.63) is 12.7 Å². The molecule has 0 aromatic heterocycles. The van der Waals surface area contributed by atoms with Gasteiger partial charge in [0, 0.05) is 0 Å². The number of rotatable bonds is 5. The molecule has 0 fully saturated rings. The molecular weight excluding hydrogens is 120 g/mol. The topological polar surface area (TPSA) is 0 Å². The molecule has 2 atom stereocenters. The molecule has 0 heteroatoms. The fourth-order valence-electron chi connectivity index (χ4n) is 1.11. The zero-order valence-corrected chi connectivity index (χ0v) is 7.56. The van der Waals surface area contributed by atoms with Crippen molar-refractivity contribution < 1.29 is 0 Å². The SMILES string of the molecule is C=C[C@H](CC)C[C@@H](C)CC. The fraction of sp³-hybridized carbons (Fsp3) is 0.800. The average Bonchev–Trinajstić information content (AvgIpc) is 1.99. The van der Waals surface area contributed by atoms with Crippen LogP contribution in [0.15, 0.2) is 12.7 Å². The molecule has 0 rings (SSSR count). The molecule has 60 valence electrons. The highest BCUT2D eigenvalue weighted by molar-refractivity contribution is 4.78. The second-order valence-corrected chi connectivity index (χ2v) is 3.15. The lowest BCUT2D eigenvalue weighted by atomic mass is 9.92. The average molecular weight is 140 g/mol. The second-order valence-electron chi connectivity index (χ2n) is 3.15. The molecule has 0 aliphatic rings. The highest BCUT2D eigenvalue weighted by atomic mass is 14.1. The summed E-state index contributed by atoms with van der Waals surface area (Å²) in [7, 11) is 0. The van der Waals surface area contributed by atoms with Crippen LogP contribution in [0.2, 0.25) is 0 Å². The predicted octanol–water partition coefficient (Wildman–Crippen LogP) is 3.63. The van der Waals surface area contributed by atoms with E-state index < -0.39 is 0 Å². The van der Waals surface area contributed by atoms with E-state index in [0.717, 1.165) is 11.8 Å². The maximum atomic E-state index is 3.82. The van der Waals surface area contributed by atoms with Gasteiger partial charge in [0.2, 0.25) is 0 Å². The fourth-order valence-corrected chi connectivity index (χ4v) is 1.11. The minimum Gasteiger partial charge on any atom is -0.103 e. The quantitative estimate of drug-likeness (QED) is 0.511. The molecule has 0 bridgehead atoms. The summed E-state index contributed by atoms with van der Waals surface area (Å²) in [6, 6.07) is 0. The number of hydrogen-bond acceptors (Lipinski definition) is 0. The third-order valence-corrected chi connectivity index (χ3v) is 2.26. The van der Waals surface area contributed by atoms with Crippen LogP contribution >= 0.6 is 0 Å². The van der Waals surface area contributed by atoms with Gasteiger partial charge < -0.3 is 0 Å². The molecule has 0 saturated carbocycles. The van der Waals surface area contributed by atoms with Gasteiger partial charge in [0.25, 0.3) is 0 Å². The lowest BCUT2D eigenvalue weighted by molar-refractivity contribution is 0.427. The summed E-state index contributed by atoms with van der Waals surface area (Å²) in [5.41, 5.74) is 0. The Morgan fingerprint density at radius 3 is 2.20 bits per heavy atom. The molecule has 10 heavy (non-hydrogen) atoms. The van der Waals surface area contributed by atoms with Crippen molar-refractivity contribution >= 4 is 0 Å². The van der Waals surface area contributed by atoms with Crippen LogP contribution in [-0.4, -0.2) is 0 Å². The van der Waals surface area contributed by atoms with Gasteiger partial charge in [-0.25, -0.2) is 0 Å². The molecule has 0 aromatic carbocycles. The summed E-state index contributed by atoms with van der Waals surface area (Å²) in [6.07, 6.45) is 5.95. The van der Waals surface area contributed by atoms with E-state index in [1.165, 1.54) is 19.3 Å². The highest BCUT2D eigenvalue weighted by Gasteiger charge is 2.05.